The van der Waals surface area contributed by atoms with E-state index in [1.54, 1.807) is 17.8 Å². The molecule has 1 aliphatic carbocycles. The van der Waals surface area contributed by atoms with Crippen molar-refractivity contribution in [3.8, 4) is 89.0 Å². The lowest BCUT2D eigenvalue weighted by Crippen LogP contribution is -2.17. The van der Waals surface area contributed by atoms with Crippen molar-refractivity contribution in [2.45, 2.75) is 78.4 Å². The molecule has 0 saturated carbocycles. The van der Waals surface area contributed by atoms with Gasteiger partial charge in [0.25, 0.3) is 0 Å². The number of hydrogen-bond donors (Lipinski definition) is 0. The van der Waals surface area contributed by atoms with Gasteiger partial charge in [0.05, 0.1) is 22.7 Å². The number of halogens is 1. The Kier molecular flexibility index (Phi) is 20.7. The number of fused-ring (bicyclic) bond motifs is 14. The lowest BCUT2D eigenvalue weighted by atomic mass is 9.82. The summed E-state index contributed by atoms with van der Waals surface area (Å²) in [4.78, 5) is 14.2. The molecule has 26 rings (SSSR count). The van der Waals surface area contributed by atoms with Crippen LogP contribution in [-0.2, 0) is 5.41 Å². The van der Waals surface area contributed by atoms with Gasteiger partial charge in [0, 0.05) is 109 Å². The minimum Gasteiger partial charge on any atom is -0.454 e. The Balaban J connectivity index is 0.552. The molecule has 0 fully saturated rings. The highest BCUT2D eigenvalue weighted by atomic mass is 32.2. The molecule has 22 aromatic carbocycles. The maximum Gasteiger partial charge on any atom is 0.159 e. The quantitative estimate of drug-likeness (QED) is 0.0745. The van der Waals surface area contributed by atoms with Crippen molar-refractivity contribution in [3.05, 3.63) is 483 Å². The first kappa shape index (κ1) is 85.0. The second-order valence-electron chi connectivity index (χ2n) is 38.6. The van der Waals surface area contributed by atoms with Gasteiger partial charge in [-0.1, -0.05) is 368 Å². The lowest BCUT2D eigenvalue weighted by molar-refractivity contribution is 0.629. The smallest absolute Gasteiger partial charge is 0.159 e. The highest BCUT2D eigenvalue weighted by molar-refractivity contribution is 8.00. The first-order chi connectivity index (χ1) is 69.3. The predicted octanol–water partition coefficient (Wildman–Crippen LogP) is 39.4. The van der Waals surface area contributed by atoms with Crippen molar-refractivity contribution in [2.75, 3.05) is 19.6 Å². The van der Waals surface area contributed by atoms with Crippen LogP contribution in [-0.4, -0.2) is 0 Å². The molecule has 5 nitrogen and oxygen atoms in total. The summed E-state index contributed by atoms with van der Waals surface area (Å²) in [7, 11) is 0. The summed E-state index contributed by atoms with van der Waals surface area (Å²) >= 11 is 3.68. The van der Waals surface area contributed by atoms with Crippen LogP contribution >= 0.6 is 23.5 Å². The summed E-state index contributed by atoms with van der Waals surface area (Å²) < 4.78 is 25.9. The molecule has 0 radical (unpaired) electrons. The van der Waals surface area contributed by atoms with Crippen molar-refractivity contribution in [1.29, 1.82) is 0 Å². The zero-order valence-corrected chi connectivity index (χ0v) is 80.5. The molecule has 23 aromatic rings. The van der Waals surface area contributed by atoms with Gasteiger partial charge in [0.15, 0.2) is 5.58 Å². The predicted molar refractivity (Wildman–Crippen MR) is 594 cm³/mol. The van der Waals surface area contributed by atoms with Gasteiger partial charge in [0.1, 0.15) is 11.4 Å². The van der Waals surface area contributed by atoms with E-state index >= 15 is 4.39 Å². The van der Waals surface area contributed by atoms with E-state index in [4.69, 9.17) is 4.42 Å². The van der Waals surface area contributed by atoms with E-state index in [2.05, 4.69) is 480 Å². The van der Waals surface area contributed by atoms with E-state index < -0.39 is 0 Å². The van der Waals surface area contributed by atoms with Crippen LogP contribution in [0.5, 0.6) is 0 Å². The van der Waals surface area contributed by atoms with Crippen molar-refractivity contribution in [1.82, 2.24) is 0 Å². The molecule has 2 aliphatic heterocycles. The van der Waals surface area contributed by atoms with E-state index in [0.717, 1.165) is 139 Å². The Morgan fingerprint density at radius 3 is 1.23 bits per heavy atom. The summed E-state index contributed by atoms with van der Waals surface area (Å²) in [6.45, 7) is 14.1. The van der Waals surface area contributed by atoms with Crippen LogP contribution in [0.25, 0.3) is 154 Å². The van der Waals surface area contributed by atoms with Crippen molar-refractivity contribution in [2.24, 2.45) is 0 Å². The third-order valence-electron chi connectivity index (χ3n) is 29.3. The fourth-order valence-corrected chi connectivity index (χ4v) is 25.4. The molecule has 0 atom stereocenters. The SMILES string of the molecule is CC(C)c1c2c3c(cccc3c3cc(N(c4ccccc4)c4cccc(-c5cccc(-c6cc(F)c(N(c7ccccc7)c7ccc8c(c7)Sc7cccc9c7c-8c(C(C)C)c7ccc(N(c8ccccc8-c8ccccc8)c8cccc%10c8oc8ccccc8%10)cc79)c(-c7ccccc7)c6)c5)c4)ccc13)Sc1cc(N(c3ccc4c(c3)C(C)(C)c3ccccc3-4)c3ccccc3-c3ccccc3)ccc1-2. The van der Waals surface area contributed by atoms with Gasteiger partial charge in [-0.25, -0.2) is 4.39 Å². The van der Waals surface area contributed by atoms with Crippen LogP contribution in [0.15, 0.2) is 479 Å². The Morgan fingerprint density at radius 2 is 0.638 bits per heavy atom. The first-order valence-corrected chi connectivity index (χ1v) is 50.4. The summed E-state index contributed by atoms with van der Waals surface area (Å²) in [5.74, 6) is -0.0324. The van der Waals surface area contributed by atoms with Gasteiger partial charge in [0.2, 0.25) is 0 Å². The molecular formula is C133H95FN4OS2. The molecule has 3 heterocycles. The highest BCUT2D eigenvalue weighted by Gasteiger charge is 2.38. The Morgan fingerprint density at radius 1 is 0.241 bits per heavy atom. The van der Waals surface area contributed by atoms with Gasteiger partial charge in [-0.2, -0.15) is 0 Å². The fourth-order valence-electron chi connectivity index (χ4n) is 23.0. The van der Waals surface area contributed by atoms with Crippen LogP contribution in [0, 0.1) is 5.82 Å². The average molecular weight is 1850 g/mol. The maximum absolute atomic E-state index is 19.0. The number of para-hydroxylation sites is 6. The monoisotopic (exact) mass is 1850 g/mol. The third kappa shape index (κ3) is 14.2. The maximum atomic E-state index is 19.0. The standard InChI is InChI=1S/C133H95FN4OS2/c1-82(2)125-106-69-64-94(77-112(106)104-53-33-61-121-127(104)129(125)109-71-66-97(80-123(109)140-121)136(117-57-27-23-49-99(117)84-35-12-7-13-36-84)96-63-68-102-101-51-22-26-56-114(101)133(5,6)115(102)79-96)135(91-44-18-10-19-45-91)93-48-31-43-89(74-93)87-41-30-42-88(73-87)90-75-111(86-39-16-9-17-40-86)131(116(134)76-90)137(92-46-20-11-21-47-92)98-67-72-110-124(81-98)141-122-62-34-54-105-113-78-95(65-70-107(113)126(83(3)4)130(110)128(105)122)138(118-58-28-24-50-100(118)85-37-14-8-15-38-85)119-59-32-55-108-103-52-25-29-60-120(103)139-132(108)119/h7-83H,1-6H3. The zero-order valence-electron chi connectivity index (χ0n) is 78.8. The van der Waals surface area contributed by atoms with E-state index in [1.165, 1.54) is 119 Å². The van der Waals surface area contributed by atoms with Crippen LogP contribution < -0.4 is 19.6 Å². The molecule has 0 N–H and O–H groups in total. The molecule has 0 bridgehead atoms. The number of anilines is 12. The number of nitrogens with zero attached hydrogens (tertiary/aromatic N) is 4. The second kappa shape index (κ2) is 34.3. The molecule has 8 heteroatoms. The van der Waals surface area contributed by atoms with Gasteiger partial charge in [-0.05, 0) is 290 Å². The minimum absolute atomic E-state index is 0.131. The molecule has 672 valence electrons. The van der Waals surface area contributed by atoms with Crippen LogP contribution in [0.4, 0.5) is 72.6 Å². The minimum atomic E-state index is -0.344. The molecule has 1 aromatic heterocycles. The summed E-state index contributed by atoms with van der Waals surface area (Å²) in [6.07, 6.45) is 0. The normalized spacial score (nSPS) is 12.6. The second-order valence-corrected chi connectivity index (χ2v) is 40.7. The van der Waals surface area contributed by atoms with Crippen molar-refractivity contribution in [3.63, 3.8) is 0 Å². The Labute approximate surface area is 829 Å². The lowest BCUT2D eigenvalue weighted by Gasteiger charge is -2.32. The number of furan rings is 1. The Bertz CT molecular complexity index is 9000. The van der Waals surface area contributed by atoms with E-state index in [9.17, 15) is 0 Å². The van der Waals surface area contributed by atoms with Crippen molar-refractivity contribution < 1.29 is 8.81 Å². The van der Waals surface area contributed by atoms with E-state index in [0.29, 0.717) is 5.69 Å². The highest BCUT2D eigenvalue weighted by Crippen LogP contribution is 2.61. The molecule has 141 heavy (non-hydrogen) atoms. The number of rotatable bonds is 19. The molecule has 3 aliphatic rings. The summed E-state index contributed by atoms with van der Waals surface area (Å²) in [5, 5.41) is 11.9. The van der Waals surface area contributed by atoms with Gasteiger partial charge in [-0.3, -0.25) is 0 Å². The summed E-state index contributed by atoms with van der Waals surface area (Å²) in [6, 6.07) is 165. The summed E-state index contributed by atoms with van der Waals surface area (Å²) in [5.41, 5.74) is 36.0. The Hall–Kier alpha value is -16.5. The zero-order chi connectivity index (χ0) is 94.4. The van der Waals surface area contributed by atoms with Gasteiger partial charge < -0.3 is 24.0 Å². The number of hydrogen-bond acceptors (Lipinski definition) is 7. The topological polar surface area (TPSA) is 26.1 Å². The fraction of sp³-hybridized carbons (Fsp3) is 0.0677. The van der Waals surface area contributed by atoms with Gasteiger partial charge >= 0.3 is 0 Å². The largest absolute Gasteiger partial charge is 0.454 e. The van der Waals surface area contributed by atoms with E-state index in [1.807, 2.05) is 42.1 Å². The van der Waals surface area contributed by atoms with E-state index in [-0.39, 0.29) is 23.1 Å². The average Bonchev–Trinajstić information content (AvgIpc) is 1.54. The molecule has 0 spiro atoms. The van der Waals surface area contributed by atoms with Crippen molar-refractivity contribution >= 4 is 157 Å². The number of benzene rings is 22. The molecule has 0 amide bonds. The van der Waals surface area contributed by atoms with Crippen LogP contribution in [0.1, 0.15) is 75.6 Å². The third-order valence-corrected chi connectivity index (χ3v) is 31.5. The molecular weight excluding hydrogens is 1750 g/mol. The van der Waals surface area contributed by atoms with Crippen LogP contribution in [0.3, 0.4) is 0 Å². The molecule has 0 unspecified atom stereocenters. The van der Waals surface area contributed by atoms with Gasteiger partial charge in [-0.15, -0.1) is 0 Å². The first-order valence-electron chi connectivity index (χ1n) is 48.8. The van der Waals surface area contributed by atoms with Crippen LogP contribution in [0.2, 0.25) is 0 Å². The molecule has 0 saturated heterocycles.